The Bertz CT molecular complexity index is 1370. The van der Waals surface area contributed by atoms with Crippen molar-refractivity contribution in [3.8, 4) is 5.75 Å². The Balaban J connectivity index is 1.53. The number of amidine groups is 1. The number of fused-ring (bicyclic) bond motifs is 1. The van der Waals surface area contributed by atoms with Gasteiger partial charge in [0.15, 0.2) is 5.17 Å². The van der Waals surface area contributed by atoms with Crippen molar-refractivity contribution < 1.29 is 9.53 Å². The number of methoxy groups -OCH3 is 1. The molecule has 2 aliphatic heterocycles. The van der Waals surface area contributed by atoms with Gasteiger partial charge in [0.2, 0.25) is 0 Å². The number of carbonyl (C=O) groups excluding carboxylic acids is 1. The fourth-order valence-corrected chi connectivity index (χ4v) is 6.68. The number of hydrogen-bond acceptors (Lipinski definition) is 6. The summed E-state index contributed by atoms with van der Waals surface area (Å²) in [4.78, 5) is 24.7. The summed E-state index contributed by atoms with van der Waals surface area (Å²) in [6.07, 6.45) is 0.768. The number of aliphatic imine (C=N–C) groups is 1. The van der Waals surface area contributed by atoms with Gasteiger partial charge in [0.1, 0.15) is 15.7 Å². The van der Waals surface area contributed by atoms with Gasteiger partial charge < -0.3 is 9.64 Å². The zero-order valence-corrected chi connectivity index (χ0v) is 22.6. The first kappa shape index (κ1) is 24.5. The Hall–Kier alpha value is -3.16. The van der Waals surface area contributed by atoms with Crippen LogP contribution in [-0.2, 0) is 11.2 Å². The molecule has 5 rings (SSSR count). The van der Waals surface area contributed by atoms with Crippen molar-refractivity contribution in [3.05, 3.63) is 93.4 Å². The maximum atomic E-state index is 13.9. The molecule has 1 fully saturated rings. The van der Waals surface area contributed by atoms with Gasteiger partial charge in [-0.2, -0.15) is 0 Å². The summed E-state index contributed by atoms with van der Waals surface area (Å²) in [5.41, 5.74) is 5.56. The highest BCUT2D eigenvalue weighted by molar-refractivity contribution is 8.19. The van der Waals surface area contributed by atoms with Gasteiger partial charge in [0.05, 0.1) is 18.5 Å². The molecular weight excluding hydrogens is 486 g/mol. The summed E-state index contributed by atoms with van der Waals surface area (Å²) >= 11 is 3.12. The van der Waals surface area contributed by atoms with E-state index < -0.39 is 0 Å². The first-order valence-corrected chi connectivity index (χ1v) is 13.7. The lowest BCUT2D eigenvalue weighted by Crippen LogP contribution is -2.32. The van der Waals surface area contributed by atoms with Gasteiger partial charge in [-0.1, -0.05) is 48.2 Å². The van der Waals surface area contributed by atoms with Gasteiger partial charge in [0, 0.05) is 24.1 Å². The van der Waals surface area contributed by atoms with Crippen LogP contribution in [0.1, 0.15) is 23.6 Å². The molecule has 1 amide bonds. The Labute approximate surface area is 221 Å². The van der Waals surface area contributed by atoms with E-state index in [1.165, 1.54) is 28.5 Å². The predicted molar refractivity (Wildman–Crippen MR) is 151 cm³/mol. The molecule has 0 aromatic heterocycles. The lowest BCUT2D eigenvalue weighted by Gasteiger charge is -2.19. The average Bonchev–Trinajstić information content (AvgIpc) is 3.41. The van der Waals surface area contributed by atoms with Crippen LogP contribution in [0, 0.1) is 13.8 Å². The molecule has 0 radical (unpaired) electrons. The summed E-state index contributed by atoms with van der Waals surface area (Å²) in [6.45, 7) is 7.63. The molecule has 3 aromatic rings. The van der Waals surface area contributed by atoms with E-state index in [1.807, 2.05) is 41.3 Å². The summed E-state index contributed by atoms with van der Waals surface area (Å²) in [5, 5.41) is 1.69. The third-order valence-corrected chi connectivity index (χ3v) is 8.84. The number of amides is 1. The molecule has 36 heavy (non-hydrogen) atoms. The number of nitrogens with zero attached hydrogens (tertiary/aromatic N) is 3. The molecule has 3 aromatic carbocycles. The molecule has 7 heteroatoms. The van der Waals surface area contributed by atoms with Crippen molar-refractivity contribution in [2.45, 2.75) is 32.1 Å². The third-order valence-electron chi connectivity index (χ3n) is 6.46. The molecule has 1 saturated heterocycles. The number of hydrogen-bond donors (Lipinski definition) is 0. The smallest absolute Gasteiger partial charge is 0.269 e. The molecule has 2 aliphatic rings. The Morgan fingerprint density at radius 3 is 2.44 bits per heavy atom. The summed E-state index contributed by atoms with van der Waals surface area (Å²) in [6, 6.07) is 22.5. The second-order valence-electron chi connectivity index (χ2n) is 8.77. The second kappa shape index (κ2) is 10.4. The van der Waals surface area contributed by atoms with Crippen LogP contribution in [0.2, 0.25) is 0 Å². The van der Waals surface area contributed by atoms with Gasteiger partial charge in [-0.25, -0.2) is 4.99 Å². The summed E-state index contributed by atoms with van der Waals surface area (Å²) in [5.74, 6) is 0.824. The van der Waals surface area contributed by atoms with Gasteiger partial charge >= 0.3 is 0 Å². The number of benzene rings is 3. The lowest BCUT2D eigenvalue weighted by atomic mass is 10.1. The first-order valence-electron chi connectivity index (χ1n) is 12.1. The second-order valence-corrected chi connectivity index (χ2v) is 10.8. The van der Waals surface area contributed by atoms with Crippen molar-refractivity contribution in [3.63, 3.8) is 0 Å². The van der Waals surface area contributed by atoms with Gasteiger partial charge in [-0.15, -0.1) is 0 Å². The molecule has 5 nitrogen and oxygen atoms in total. The predicted octanol–water partition coefficient (Wildman–Crippen LogP) is 6.92. The molecule has 0 bridgehead atoms. The summed E-state index contributed by atoms with van der Waals surface area (Å²) < 4.78 is 5.46. The zero-order chi connectivity index (χ0) is 25.2. The summed E-state index contributed by atoms with van der Waals surface area (Å²) in [7, 11) is 1.68. The van der Waals surface area contributed by atoms with E-state index in [0.29, 0.717) is 6.54 Å². The van der Waals surface area contributed by atoms with Crippen molar-refractivity contribution in [1.82, 2.24) is 4.90 Å². The molecule has 0 aliphatic carbocycles. The first-order chi connectivity index (χ1) is 17.5. The van der Waals surface area contributed by atoms with Gasteiger partial charge in [-0.05, 0) is 79.9 Å². The number of carbonyl (C=O) groups is 1. The average molecular weight is 516 g/mol. The van der Waals surface area contributed by atoms with Crippen LogP contribution in [0.3, 0.4) is 0 Å². The maximum Gasteiger partial charge on any atom is 0.269 e. The highest BCUT2D eigenvalue weighted by Crippen LogP contribution is 2.51. The molecule has 0 saturated carbocycles. The van der Waals surface area contributed by atoms with Crippen molar-refractivity contribution in [2.24, 2.45) is 4.99 Å². The van der Waals surface area contributed by atoms with Crippen LogP contribution in [0.25, 0.3) is 0 Å². The largest absolute Gasteiger partial charge is 0.497 e. The van der Waals surface area contributed by atoms with Gasteiger partial charge in [-0.3, -0.25) is 9.69 Å². The van der Waals surface area contributed by atoms with E-state index in [9.17, 15) is 4.79 Å². The third kappa shape index (κ3) is 4.77. The van der Waals surface area contributed by atoms with E-state index in [2.05, 4.69) is 56.0 Å². The minimum absolute atomic E-state index is 0.0132. The Kier molecular flexibility index (Phi) is 7.12. The van der Waals surface area contributed by atoms with Crippen molar-refractivity contribution >= 4 is 46.0 Å². The topological polar surface area (TPSA) is 45.1 Å². The molecular formula is C29H29N3O2S2. The number of aryl methyl sites for hydroxylation is 2. The monoisotopic (exact) mass is 515 g/mol. The molecule has 0 unspecified atom stereocenters. The minimum Gasteiger partial charge on any atom is -0.497 e. The normalized spacial score (nSPS) is 18.3. The lowest BCUT2D eigenvalue weighted by molar-refractivity contribution is -0.122. The highest BCUT2D eigenvalue weighted by atomic mass is 32.2. The SMILES string of the molecule is CCN1/C(=C2/SC(=Nc3ccc(C)c(C)c3)N(CCc3ccccc3)C2=O)Sc2ccc(OC)cc21. The molecule has 0 spiro atoms. The van der Waals surface area contributed by atoms with Crippen LogP contribution in [0.15, 0.2) is 86.6 Å². The number of rotatable bonds is 6. The minimum atomic E-state index is 0.0132. The fourth-order valence-electron chi connectivity index (χ4n) is 4.28. The van der Waals surface area contributed by atoms with E-state index in [-0.39, 0.29) is 5.91 Å². The van der Waals surface area contributed by atoms with Crippen molar-refractivity contribution in [2.75, 3.05) is 25.1 Å². The number of thioether (sulfide) groups is 2. The zero-order valence-electron chi connectivity index (χ0n) is 20.9. The molecule has 0 N–H and O–H groups in total. The molecule has 0 atom stereocenters. The van der Waals surface area contributed by atoms with Crippen molar-refractivity contribution in [1.29, 1.82) is 0 Å². The van der Waals surface area contributed by atoms with E-state index in [0.717, 1.165) is 50.1 Å². The molecule has 2 heterocycles. The fraction of sp³-hybridized carbons (Fsp3) is 0.241. The van der Waals surface area contributed by atoms with E-state index >= 15 is 0 Å². The Morgan fingerprint density at radius 1 is 0.917 bits per heavy atom. The maximum absolute atomic E-state index is 13.9. The highest BCUT2D eigenvalue weighted by Gasteiger charge is 2.39. The quantitative estimate of drug-likeness (QED) is 0.334. The van der Waals surface area contributed by atoms with Crippen LogP contribution < -0.4 is 9.64 Å². The number of anilines is 1. The van der Waals surface area contributed by atoms with E-state index in [1.54, 1.807) is 18.9 Å². The van der Waals surface area contributed by atoms with Crippen LogP contribution in [0.5, 0.6) is 5.75 Å². The van der Waals surface area contributed by atoms with Gasteiger partial charge in [0.25, 0.3) is 5.91 Å². The van der Waals surface area contributed by atoms with Crippen LogP contribution in [0.4, 0.5) is 11.4 Å². The Morgan fingerprint density at radius 2 is 1.72 bits per heavy atom. The molecule has 184 valence electrons. The number of ether oxygens (including phenoxy) is 1. The standard InChI is InChI=1S/C29H29N3O2S2/c1-5-31-24-18-23(34-4)13-14-25(24)35-28(31)26-27(33)32(16-15-21-9-7-6-8-10-21)29(36-26)30-22-12-11-19(2)20(3)17-22/h6-14,17-18H,5,15-16H2,1-4H3/b28-26-,30-29?. The van der Waals surface area contributed by atoms with Crippen LogP contribution in [-0.4, -0.2) is 36.2 Å². The van der Waals surface area contributed by atoms with E-state index in [4.69, 9.17) is 9.73 Å². The van der Waals surface area contributed by atoms with Crippen LogP contribution >= 0.6 is 23.5 Å².